The van der Waals surface area contributed by atoms with E-state index in [0.29, 0.717) is 12.8 Å². The lowest BCUT2D eigenvalue weighted by Gasteiger charge is -2.41. The fourth-order valence-electron chi connectivity index (χ4n) is 9.03. The minimum Gasteiger partial charge on any atom is -0.454 e. The zero-order chi connectivity index (χ0) is 53.3. The number of carbonyl (C=O) groups is 2. The highest BCUT2D eigenvalue weighted by molar-refractivity contribution is 5.80. The standard InChI is InChI=1S/C62H109NO10/c1-4-7-10-13-16-19-22-25-27-29-31-34-37-40-43-46-49-55(66)61(70)63-53(54(65)48-45-42-39-36-33-30-24-21-18-15-12-9-6-3)52-71-62-60(59(69)58(68)56(51-64)72-62)73-57(67)50-47-44-41-38-35-32-28-26-23-20-17-14-11-8-5-2/h8,11,14,17,20,23,26,28,32,35,45,48,53-56,58-60,62,64-66,68-69H,4-7,9-10,12-13,15-16,18-19,21-22,24-25,27,29-31,33-34,36-44,46-47,49-52H2,1-3H3,(H,63,70)/b11-8+,17-14+,23-20-,28-26-,35-32+,48-45+. The molecule has 0 saturated carbocycles. The minimum absolute atomic E-state index is 0.0729. The van der Waals surface area contributed by atoms with Crippen molar-refractivity contribution in [3.63, 3.8) is 0 Å². The first-order valence-corrected chi connectivity index (χ1v) is 29.8. The number of allylic oxidation sites excluding steroid dienone is 11. The van der Waals surface area contributed by atoms with Gasteiger partial charge in [0, 0.05) is 6.42 Å². The summed E-state index contributed by atoms with van der Waals surface area (Å²) in [6.07, 6.45) is 52.2. The number of carbonyl (C=O) groups excluding carboxylic acids is 2. The lowest BCUT2D eigenvalue weighted by atomic mass is 9.99. The highest BCUT2D eigenvalue weighted by Gasteiger charge is 2.47. The molecule has 0 spiro atoms. The molecule has 1 amide bonds. The molecule has 0 aliphatic carbocycles. The smallest absolute Gasteiger partial charge is 0.306 e. The third-order valence-electron chi connectivity index (χ3n) is 13.8. The van der Waals surface area contributed by atoms with E-state index < -0.39 is 67.4 Å². The van der Waals surface area contributed by atoms with Crippen molar-refractivity contribution in [3.05, 3.63) is 72.9 Å². The molecule has 6 N–H and O–H groups in total. The van der Waals surface area contributed by atoms with Crippen LogP contribution in [0.25, 0.3) is 0 Å². The molecule has 11 heteroatoms. The average Bonchev–Trinajstić information content (AvgIpc) is 3.39. The fraction of sp³-hybridized carbons (Fsp3) is 0.774. The van der Waals surface area contributed by atoms with Gasteiger partial charge in [0.25, 0.3) is 0 Å². The molecule has 0 bridgehead atoms. The van der Waals surface area contributed by atoms with Gasteiger partial charge >= 0.3 is 5.97 Å². The van der Waals surface area contributed by atoms with Crippen LogP contribution in [0, 0.1) is 0 Å². The summed E-state index contributed by atoms with van der Waals surface area (Å²) in [6.45, 7) is 5.62. The van der Waals surface area contributed by atoms with E-state index in [1.54, 1.807) is 6.08 Å². The third kappa shape index (κ3) is 38.3. The van der Waals surface area contributed by atoms with Crippen molar-refractivity contribution in [2.75, 3.05) is 13.2 Å². The van der Waals surface area contributed by atoms with Crippen molar-refractivity contribution in [2.45, 2.75) is 294 Å². The highest BCUT2D eigenvalue weighted by Crippen LogP contribution is 2.26. The molecule has 73 heavy (non-hydrogen) atoms. The lowest BCUT2D eigenvalue weighted by Crippen LogP contribution is -2.61. The zero-order valence-electron chi connectivity index (χ0n) is 46.5. The molecule has 1 heterocycles. The minimum atomic E-state index is -1.63. The molecule has 1 saturated heterocycles. The van der Waals surface area contributed by atoms with Crippen molar-refractivity contribution in [2.24, 2.45) is 0 Å². The summed E-state index contributed by atoms with van der Waals surface area (Å²) in [5, 5.41) is 56.9. The first-order valence-electron chi connectivity index (χ1n) is 29.8. The topological polar surface area (TPSA) is 175 Å². The number of esters is 1. The molecular weight excluding hydrogens is 919 g/mol. The van der Waals surface area contributed by atoms with Crippen molar-refractivity contribution >= 4 is 11.9 Å². The Morgan fingerprint density at radius 3 is 1.48 bits per heavy atom. The van der Waals surface area contributed by atoms with Gasteiger partial charge in [0.15, 0.2) is 12.4 Å². The normalized spacial score (nSPS) is 19.9. The summed E-state index contributed by atoms with van der Waals surface area (Å²) in [7, 11) is 0. The van der Waals surface area contributed by atoms with E-state index >= 15 is 0 Å². The van der Waals surface area contributed by atoms with E-state index in [4.69, 9.17) is 14.2 Å². The number of unbranched alkanes of at least 4 members (excludes halogenated alkanes) is 29. The molecule has 1 fully saturated rings. The SMILES string of the molecule is CC/C=C/C=C/C=C\C=C/C=C/CCCCCC(=O)OC1C(OCC(NC(=O)C(O)CCCCCCCCCCCCCCCCCC)C(O)/C=C/CCCCCCCCCCCCC)OC(CO)C(O)C1O. The second-order valence-corrected chi connectivity index (χ2v) is 20.5. The molecule has 0 aromatic heterocycles. The van der Waals surface area contributed by atoms with Gasteiger partial charge in [-0.05, 0) is 44.9 Å². The van der Waals surface area contributed by atoms with Gasteiger partial charge in [-0.25, -0.2) is 0 Å². The van der Waals surface area contributed by atoms with E-state index in [1.165, 1.54) is 135 Å². The second-order valence-electron chi connectivity index (χ2n) is 20.5. The average molecular weight is 1030 g/mol. The van der Waals surface area contributed by atoms with E-state index in [2.05, 4.69) is 38.2 Å². The van der Waals surface area contributed by atoms with Crippen LogP contribution in [0.15, 0.2) is 72.9 Å². The van der Waals surface area contributed by atoms with Crippen LogP contribution in [-0.2, 0) is 23.8 Å². The molecule has 0 radical (unpaired) electrons. The first-order chi connectivity index (χ1) is 35.7. The van der Waals surface area contributed by atoms with Gasteiger partial charge < -0.3 is 45.1 Å². The number of amides is 1. The fourth-order valence-corrected chi connectivity index (χ4v) is 9.03. The van der Waals surface area contributed by atoms with Gasteiger partial charge in [0.1, 0.15) is 24.4 Å². The van der Waals surface area contributed by atoms with Crippen LogP contribution < -0.4 is 5.32 Å². The Hall–Kier alpha value is -2.90. The van der Waals surface area contributed by atoms with E-state index in [-0.39, 0.29) is 19.4 Å². The Morgan fingerprint density at radius 1 is 0.548 bits per heavy atom. The molecule has 11 nitrogen and oxygen atoms in total. The quantitative estimate of drug-likeness (QED) is 0.0149. The van der Waals surface area contributed by atoms with Gasteiger partial charge in [0.2, 0.25) is 5.91 Å². The van der Waals surface area contributed by atoms with Gasteiger partial charge in [-0.2, -0.15) is 0 Å². The van der Waals surface area contributed by atoms with Crippen LogP contribution in [0.1, 0.15) is 245 Å². The number of aliphatic hydroxyl groups is 5. The molecule has 8 unspecified atom stereocenters. The Bertz CT molecular complexity index is 1460. The summed E-state index contributed by atoms with van der Waals surface area (Å²) in [5.74, 6) is -1.24. The third-order valence-corrected chi connectivity index (χ3v) is 13.8. The van der Waals surface area contributed by atoms with Crippen LogP contribution in [0.2, 0.25) is 0 Å². The maximum atomic E-state index is 13.4. The molecule has 422 valence electrons. The van der Waals surface area contributed by atoms with Crippen LogP contribution in [0.3, 0.4) is 0 Å². The van der Waals surface area contributed by atoms with E-state index in [9.17, 15) is 35.1 Å². The van der Waals surface area contributed by atoms with Gasteiger partial charge in [-0.1, -0.05) is 267 Å². The van der Waals surface area contributed by atoms with Gasteiger partial charge in [-0.15, -0.1) is 0 Å². The van der Waals surface area contributed by atoms with E-state index in [1.807, 2.05) is 54.7 Å². The number of hydrogen-bond donors (Lipinski definition) is 6. The van der Waals surface area contributed by atoms with Crippen molar-refractivity contribution < 1.29 is 49.3 Å². The van der Waals surface area contributed by atoms with Gasteiger partial charge in [0.05, 0.1) is 25.4 Å². The Morgan fingerprint density at radius 2 is 0.986 bits per heavy atom. The lowest BCUT2D eigenvalue weighted by molar-refractivity contribution is -0.305. The molecule has 1 aliphatic rings. The zero-order valence-corrected chi connectivity index (χ0v) is 46.5. The summed E-state index contributed by atoms with van der Waals surface area (Å²) < 4.78 is 17.5. The van der Waals surface area contributed by atoms with Crippen LogP contribution in [0.5, 0.6) is 0 Å². The monoisotopic (exact) mass is 1030 g/mol. The number of ether oxygens (including phenoxy) is 3. The molecule has 1 aliphatic heterocycles. The number of hydrogen-bond acceptors (Lipinski definition) is 10. The Balaban J connectivity index is 2.75. The van der Waals surface area contributed by atoms with Crippen LogP contribution in [0.4, 0.5) is 0 Å². The largest absolute Gasteiger partial charge is 0.454 e. The van der Waals surface area contributed by atoms with Crippen molar-refractivity contribution in [1.29, 1.82) is 0 Å². The van der Waals surface area contributed by atoms with Crippen LogP contribution >= 0.6 is 0 Å². The molecule has 8 atom stereocenters. The summed E-state index contributed by atoms with van der Waals surface area (Å²) >= 11 is 0. The highest BCUT2D eigenvalue weighted by atomic mass is 16.7. The molecule has 0 aromatic carbocycles. The van der Waals surface area contributed by atoms with Crippen LogP contribution in [-0.4, -0.2) is 99.6 Å². The van der Waals surface area contributed by atoms with Crippen molar-refractivity contribution in [3.8, 4) is 0 Å². The maximum absolute atomic E-state index is 13.4. The van der Waals surface area contributed by atoms with Crippen molar-refractivity contribution in [1.82, 2.24) is 5.32 Å². The number of aliphatic hydroxyl groups excluding tert-OH is 5. The summed E-state index contributed by atoms with van der Waals surface area (Å²) in [5.41, 5.74) is 0. The Kier molecular flexibility index (Phi) is 46.6. The first kappa shape index (κ1) is 68.1. The summed E-state index contributed by atoms with van der Waals surface area (Å²) in [6, 6.07) is -1.03. The summed E-state index contributed by atoms with van der Waals surface area (Å²) in [4.78, 5) is 26.5. The van der Waals surface area contributed by atoms with Gasteiger partial charge in [-0.3, -0.25) is 9.59 Å². The predicted molar refractivity (Wildman–Crippen MR) is 301 cm³/mol. The second kappa shape index (κ2) is 49.9. The number of rotatable bonds is 49. The Labute approximate surface area is 445 Å². The maximum Gasteiger partial charge on any atom is 0.306 e. The molecule has 0 aromatic rings. The van der Waals surface area contributed by atoms with E-state index in [0.717, 1.165) is 64.2 Å². The molecule has 1 rings (SSSR count). The molecular formula is C62H109NO10. The predicted octanol–water partition coefficient (Wildman–Crippen LogP) is 13.6. The number of nitrogens with one attached hydrogen (secondary N) is 1.